The van der Waals surface area contributed by atoms with Crippen molar-refractivity contribution in [2.75, 3.05) is 0 Å². The molecule has 2 aliphatic heterocycles. The molecule has 2 amide bonds. The third-order valence-electron chi connectivity index (χ3n) is 2.55. The number of hydrogen-bond acceptors (Lipinski definition) is 2. The summed E-state index contributed by atoms with van der Waals surface area (Å²) in [5.74, 6) is 0. The number of amides is 2. The summed E-state index contributed by atoms with van der Waals surface area (Å²) in [6.07, 6.45) is 11.1. The number of nitrogens with zero attached hydrogens (tertiary/aromatic N) is 2. The minimum absolute atomic E-state index is 0.440. The lowest BCUT2D eigenvalue weighted by molar-refractivity contribution is 0.256. The first-order valence-electron chi connectivity index (χ1n) is 4.33. The summed E-state index contributed by atoms with van der Waals surface area (Å²) in [6.45, 7) is 0. The van der Waals surface area contributed by atoms with Crippen molar-refractivity contribution in [3.63, 3.8) is 0 Å². The molecule has 1 N–H and O–H groups in total. The quantitative estimate of drug-likeness (QED) is 0.611. The lowest BCUT2D eigenvalue weighted by atomic mass is 9.83. The normalized spacial score (nSPS) is 31.9. The Morgan fingerprint density at radius 3 is 3.21 bits per heavy atom. The van der Waals surface area contributed by atoms with E-state index < -0.39 is 11.6 Å². The predicted octanol–water partition coefficient (Wildman–Crippen LogP) is 0.984. The molecule has 1 unspecified atom stereocenters. The Morgan fingerprint density at radius 2 is 2.29 bits per heavy atom. The molecule has 0 fully saturated rings. The van der Waals surface area contributed by atoms with Gasteiger partial charge in [-0.05, 0) is 23.9 Å². The first kappa shape index (κ1) is 7.44. The molecule has 4 nitrogen and oxygen atoms in total. The summed E-state index contributed by atoms with van der Waals surface area (Å²) in [5.41, 5.74) is 1.29. The van der Waals surface area contributed by atoms with Gasteiger partial charge in [0.1, 0.15) is 5.54 Å². The average molecular weight is 185 g/mol. The van der Waals surface area contributed by atoms with Crippen LogP contribution in [0.4, 0.5) is 4.79 Å². The highest BCUT2D eigenvalue weighted by Crippen LogP contribution is 2.29. The van der Waals surface area contributed by atoms with Crippen molar-refractivity contribution in [2.24, 2.45) is 9.98 Å². The second-order valence-electron chi connectivity index (χ2n) is 3.30. The maximum absolute atomic E-state index is 11.0. The summed E-state index contributed by atoms with van der Waals surface area (Å²) < 4.78 is 0. The van der Waals surface area contributed by atoms with Crippen LogP contribution >= 0.6 is 0 Å². The van der Waals surface area contributed by atoms with Gasteiger partial charge < -0.3 is 5.32 Å². The number of aliphatic imine (C=N–C) groups is 2. The van der Waals surface area contributed by atoms with Gasteiger partial charge in [0.05, 0.1) is 5.71 Å². The van der Waals surface area contributed by atoms with Crippen LogP contribution in [0.15, 0.2) is 46.1 Å². The number of urea groups is 1. The minimum atomic E-state index is -0.483. The van der Waals surface area contributed by atoms with Gasteiger partial charge in [-0.3, -0.25) is 0 Å². The monoisotopic (exact) mass is 185 g/mol. The summed E-state index contributed by atoms with van der Waals surface area (Å²) in [4.78, 5) is 18.6. The maximum atomic E-state index is 11.0. The van der Waals surface area contributed by atoms with Gasteiger partial charge in [-0.2, -0.15) is 4.99 Å². The zero-order valence-corrected chi connectivity index (χ0v) is 7.27. The minimum Gasteiger partial charge on any atom is -0.372 e. The van der Waals surface area contributed by atoms with Crippen LogP contribution in [-0.4, -0.2) is 23.5 Å². The van der Waals surface area contributed by atoms with Crippen molar-refractivity contribution >= 4 is 18.0 Å². The van der Waals surface area contributed by atoms with Crippen molar-refractivity contribution in [3.05, 3.63) is 36.1 Å². The standard InChI is InChI=1S/C10H7N3O/c14-9-11-6-10-7(4-5-12-10)2-1-3-8(10)13-9/h1-6,12H. The molecule has 0 radical (unpaired) electrons. The molecule has 68 valence electrons. The lowest BCUT2D eigenvalue weighted by Crippen LogP contribution is -2.51. The fraction of sp³-hybridized carbons (Fsp3) is 0.100. The number of allylic oxidation sites excluding steroid dienone is 2. The molecule has 0 aromatic heterocycles. The fourth-order valence-electron chi connectivity index (χ4n) is 1.85. The Morgan fingerprint density at radius 1 is 1.36 bits per heavy atom. The van der Waals surface area contributed by atoms with E-state index in [1.807, 2.05) is 30.5 Å². The SMILES string of the molecule is O=C1N=CC23NC=CC2=CC=CC3=N1. The Balaban J connectivity index is 2.21. The molecule has 0 saturated heterocycles. The molecule has 0 saturated carbocycles. The van der Waals surface area contributed by atoms with E-state index in [0.717, 1.165) is 5.57 Å². The van der Waals surface area contributed by atoms with Crippen molar-refractivity contribution in [1.82, 2.24) is 5.32 Å². The summed E-state index contributed by atoms with van der Waals surface area (Å²) in [5, 5.41) is 3.16. The second kappa shape index (κ2) is 2.29. The van der Waals surface area contributed by atoms with Crippen molar-refractivity contribution < 1.29 is 4.79 Å². The highest BCUT2D eigenvalue weighted by atomic mass is 16.2. The Hall–Kier alpha value is -1.97. The van der Waals surface area contributed by atoms with Crippen LogP contribution in [0.3, 0.4) is 0 Å². The molecule has 3 aliphatic rings. The predicted molar refractivity (Wildman–Crippen MR) is 53.6 cm³/mol. The highest BCUT2D eigenvalue weighted by molar-refractivity contribution is 6.24. The zero-order chi connectivity index (χ0) is 9.60. The maximum Gasteiger partial charge on any atom is 0.367 e. The van der Waals surface area contributed by atoms with Gasteiger partial charge in [-0.25, -0.2) is 9.79 Å². The molecule has 2 heterocycles. The van der Waals surface area contributed by atoms with E-state index in [2.05, 4.69) is 15.3 Å². The van der Waals surface area contributed by atoms with E-state index in [1.165, 1.54) is 0 Å². The molecule has 1 spiro atoms. The van der Waals surface area contributed by atoms with Gasteiger partial charge >= 0.3 is 6.03 Å². The van der Waals surface area contributed by atoms with Gasteiger partial charge in [0.2, 0.25) is 0 Å². The van der Waals surface area contributed by atoms with E-state index in [-0.39, 0.29) is 0 Å². The molecule has 14 heavy (non-hydrogen) atoms. The fourth-order valence-corrected chi connectivity index (χ4v) is 1.85. The van der Waals surface area contributed by atoms with Crippen LogP contribution < -0.4 is 5.32 Å². The molecule has 1 aliphatic carbocycles. The van der Waals surface area contributed by atoms with Crippen LogP contribution in [-0.2, 0) is 0 Å². The Kier molecular flexibility index (Phi) is 1.21. The lowest BCUT2D eigenvalue weighted by Gasteiger charge is -2.30. The number of carbonyl (C=O) groups excluding carboxylic acids is 1. The number of carbonyl (C=O) groups is 1. The molecular formula is C10H7N3O. The zero-order valence-electron chi connectivity index (χ0n) is 7.27. The van der Waals surface area contributed by atoms with Crippen LogP contribution in [0.1, 0.15) is 0 Å². The van der Waals surface area contributed by atoms with Crippen LogP contribution in [0.5, 0.6) is 0 Å². The average Bonchev–Trinajstić information content (AvgIpc) is 2.59. The van der Waals surface area contributed by atoms with E-state index in [9.17, 15) is 4.79 Å². The summed E-state index contributed by atoms with van der Waals surface area (Å²) in [6, 6.07) is -0.440. The second-order valence-corrected chi connectivity index (χ2v) is 3.30. The van der Waals surface area contributed by atoms with E-state index >= 15 is 0 Å². The molecule has 0 aromatic rings. The number of hydrogen-bond donors (Lipinski definition) is 1. The third-order valence-corrected chi connectivity index (χ3v) is 2.55. The van der Waals surface area contributed by atoms with Crippen LogP contribution in [0, 0.1) is 0 Å². The molecular weight excluding hydrogens is 178 g/mol. The Labute approximate surface area is 80.4 Å². The van der Waals surface area contributed by atoms with E-state index in [1.54, 1.807) is 6.21 Å². The van der Waals surface area contributed by atoms with E-state index in [4.69, 9.17) is 0 Å². The van der Waals surface area contributed by atoms with Gasteiger partial charge in [-0.1, -0.05) is 12.2 Å². The smallest absolute Gasteiger partial charge is 0.367 e. The van der Waals surface area contributed by atoms with Crippen molar-refractivity contribution in [2.45, 2.75) is 5.54 Å². The van der Waals surface area contributed by atoms with Crippen LogP contribution in [0.25, 0.3) is 0 Å². The van der Waals surface area contributed by atoms with E-state index in [0.29, 0.717) is 5.71 Å². The largest absolute Gasteiger partial charge is 0.372 e. The van der Waals surface area contributed by atoms with Crippen molar-refractivity contribution in [1.29, 1.82) is 0 Å². The molecule has 4 heteroatoms. The molecule has 3 rings (SSSR count). The summed E-state index contributed by atoms with van der Waals surface area (Å²) in [7, 11) is 0. The van der Waals surface area contributed by atoms with Gasteiger partial charge in [0, 0.05) is 6.21 Å². The topological polar surface area (TPSA) is 53.8 Å². The molecule has 0 bridgehead atoms. The van der Waals surface area contributed by atoms with Gasteiger partial charge in [-0.15, -0.1) is 0 Å². The Bertz CT molecular complexity index is 468. The van der Waals surface area contributed by atoms with Gasteiger partial charge in [0.25, 0.3) is 0 Å². The van der Waals surface area contributed by atoms with Crippen LogP contribution in [0.2, 0.25) is 0 Å². The number of rotatable bonds is 0. The first-order chi connectivity index (χ1) is 6.81. The third kappa shape index (κ3) is 0.750. The van der Waals surface area contributed by atoms with Crippen molar-refractivity contribution in [3.8, 4) is 0 Å². The molecule has 1 atom stereocenters. The first-order valence-corrected chi connectivity index (χ1v) is 4.33. The van der Waals surface area contributed by atoms with Gasteiger partial charge in [0.15, 0.2) is 0 Å². The highest BCUT2D eigenvalue weighted by Gasteiger charge is 2.41. The number of nitrogens with one attached hydrogen (secondary N) is 1. The molecule has 0 aromatic carbocycles. The summed E-state index contributed by atoms with van der Waals surface area (Å²) >= 11 is 0.